The first-order valence-electron chi connectivity index (χ1n) is 6.11. The summed E-state index contributed by atoms with van der Waals surface area (Å²) >= 11 is 0. The van der Waals surface area contributed by atoms with Gasteiger partial charge in [0.2, 0.25) is 0 Å². The van der Waals surface area contributed by atoms with Crippen LogP contribution in [0.5, 0.6) is 5.75 Å². The summed E-state index contributed by atoms with van der Waals surface area (Å²) < 4.78 is 41.5. The van der Waals surface area contributed by atoms with Crippen molar-refractivity contribution >= 4 is 5.69 Å². The molecule has 0 radical (unpaired) electrons. The minimum Gasteiger partial charge on any atom is -0.432 e. The lowest BCUT2D eigenvalue weighted by atomic mass is 10.1. The first-order valence-corrected chi connectivity index (χ1v) is 6.11. The Balaban J connectivity index is 2.03. The number of rotatable bonds is 6. The van der Waals surface area contributed by atoms with Crippen molar-refractivity contribution in [3.63, 3.8) is 0 Å². The molecular weight excluding hydrogens is 243 g/mol. The van der Waals surface area contributed by atoms with E-state index < -0.39 is 18.2 Å². The van der Waals surface area contributed by atoms with Crippen molar-refractivity contribution in [3.8, 4) is 5.75 Å². The number of hydrogen-bond donors (Lipinski definition) is 1. The van der Waals surface area contributed by atoms with E-state index in [4.69, 9.17) is 0 Å². The van der Waals surface area contributed by atoms with Crippen molar-refractivity contribution in [1.29, 1.82) is 0 Å². The van der Waals surface area contributed by atoms with Crippen LogP contribution in [0.4, 0.5) is 18.9 Å². The second-order valence-corrected chi connectivity index (χ2v) is 4.52. The van der Waals surface area contributed by atoms with Gasteiger partial charge in [0.25, 0.3) is 0 Å². The Morgan fingerprint density at radius 1 is 1.39 bits per heavy atom. The lowest BCUT2D eigenvalue weighted by Gasteiger charge is -2.18. The van der Waals surface area contributed by atoms with E-state index in [9.17, 15) is 13.2 Å². The topological polar surface area (TPSA) is 21.3 Å². The van der Waals surface area contributed by atoms with Gasteiger partial charge >= 0.3 is 6.61 Å². The van der Waals surface area contributed by atoms with Crippen LogP contribution in [0.25, 0.3) is 0 Å². The highest BCUT2D eigenvalue weighted by Crippen LogP contribution is 2.36. The van der Waals surface area contributed by atoms with E-state index >= 15 is 0 Å². The zero-order valence-corrected chi connectivity index (χ0v) is 10.1. The summed E-state index contributed by atoms with van der Waals surface area (Å²) in [4.78, 5) is 0. The van der Waals surface area contributed by atoms with Crippen molar-refractivity contribution < 1.29 is 17.9 Å². The molecule has 5 heteroatoms. The van der Waals surface area contributed by atoms with E-state index in [-0.39, 0.29) is 0 Å². The van der Waals surface area contributed by atoms with Gasteiger partial charge in [0.15, 0.2) is 11.6 Å². The fourth-order valence-corrected chi connectivity index (χ4v) is 2.05. The zero-order chi connectivity index (χ0) is 13.1. The highest BCUT2D eigenvalue weighted by Gasteiger charge is 2.29. The van der Waals surface area contributed by atoms with Gasteiger partial charge in [0.1, 0.15) is 0 Å². The normalized spacial score (nSPS) is 16.7. The van der Waals surface area contributed by atoms with E-state index in [1.807, 2.05) is 0 Å². The Kier molecular flexibility index (Phi) is 3.99. The lowest BCUT2D eigenvalue weighted by molar-refractivity contribution is -0.0521. The Morgan fingerprint density at radius 3 is 2.61 bits per heavy atom. The van der Waals surface area contributed by atoms with Gasteiger partial charge in [0.05, 0.1) is 0 Å². The molecule has 1 aromatic carbocycles. The van der Waals surface area contributed by atoms with Gasteiger partial charge in [-0.1, -0.05) is 6.92 Å². The van der Waals surface area contributed by atoms with Gasteiger partial charge < -0.3 is 10.1 Å². The maximum atomic E-state index is 13.5. The summed E-state index contributed by atoms with van der Waals surface area (Å²) in [6.45, 7) is -0.936. The fraction of sp³-hybridized carbons (Fsp3) is 0.538. The van der Waals surface area contributed by atoms with E-state index in [1.165, 1.54) is 25.0 Å². The lowest BCUT2D eigenvalue weighted by Crippen LogP contribution is -2.20. The van der Waals surface area contributed by atoms with Crippen molar-refractivity contribution in [2.24, 2.45) is 5.92 Å². The SMILES string of the molecule is CCC(Nc1ccc(OC(F)F)c(F)c1)C1CC1. The van der Waals surface area contributed by atoms with Crippen molar-refractivity contribution in [2.75, 3.05) is 5.32 Å². The van der Waals surface area contributed by atoms with Gasteiger partial charge in [-0.25, -0.2) is 4.39 Å². The number of alkyl halides is 2. The van der Waals surface area contributed by atoms with Gasteiger partial charge in [-0.05, 0) is 37.3 Å². The van der Waals surface area contributed by atoms with Crippen molar-refractivity contribution in [3.05, 3.63) is 24.0 Å². The van der Waals surface area contributed by atoms with Gasteiger partial charge in [0, 0.05) is 17.8 Å². The molecule has 0 bridgehead atoms. The van der Waals surface area contributed by atoms with E-state index in [1.54, 1.807) is 6.07 Å². The highest BCUT2D eigenvalue weighted by molar-refractivity contribution is 5.48. The molecule has 2 rings (SSSR count). The molecule has 0 aliphatic heterocycles. The third kappa shape index (κ3) is 3.31. The zero-order valence-electron chi connectivity index (χ0n) is 10.1. The molecule has 0 saturated heterocycles. The number of anilines is 1. The van der Waals surface area contributed by atoms with Crippen LogP contribution in [0, 0.1) is 11.7 Å². The van der Waals surface area contributed by atoms with Crippen LogP contribution in [0.3, 0.4) is 0 Å². The van der Waals surface area contributed by atoms with Crippen LogP contribution >= 0.6 is 0 Å². The maximum absolute atomic E-state index is 13.5. The Hall–Kier alpha value is -1.39. The molecule has 1 aliphatic rings. The van der Waals surface area contributed by atoms with E-state index in [2.05, 4.69) is 17.0 Å². The van der Waals surface area contributed by atoms with Gasteiger partial charge in [-0.2, -0.15) is 8.78 Å². The Bertz CT molecular complexity index is 407. The first-order chi connectivity index (χ1) is 8.60. The average Bonchev–Trinajstić information content (AvgIpc) is 3.13. The summed E-state index contributed by atoms with van der Waals surface area (Å²) in [5.74, 6) is -0.545. The number of ether oxygens (including phenoxy) is 1. The molecule has 2 nitrogen and oxygen atoms in total. The summed E-state index contributed by atoms with van der Waals surface area (Å²) in [7, 11) is 0. The van der Waals surface area contributed by atoms with Crippen LogP contribution in [0.2, 0.25) is 0 Å². The molecular formula is C13H16F3NO. The van der Waals surface area contributed by atoms with Crippen LogP contribution in [0.1, 0.15) is 26.2 Å². The predicted molar refractivity (Wildman–Crippen MR) is 63.5 cm³/mol. The number of hydrogen-bond acceptors (Lipinski definition) is 2. The molecule has 1 atom stereocenters. The van der Waals surface area contributed by atoms with Crippen LogP contribution in [-0.4, -0.2) is 12.7 Å². The molecule has 1 aromatic rings. The molecule has 0 spiro atoms. The van der Waals surface area contributed by atoms with Crippen molar-refractivity contribution in [1.82, 2.24) is 0 Å². The average molecular weight is 259 g/mol. The second kappa shape index (κ2) is 5.50. The van der Waals surface area contributed by atoms with E-state index in [0.717, 1.165) is 6.42 Å². The second-order valence-electron chi connectivity index (χ2n) is 4.52. The summed E-state index contributed by atoms with van der Waals surface area (Å²) in [5.41, 5.74) is 0.605. The van der Waals surface area contributed by atoms with Crippen LogP contribution in [0.15, 0.2) is 18.2 Å². The quantitative estimate of drug-likeness (QED) is 0.832. The summed E-state index contributed by atoms with van der Waals surface area (Å²) in [5, 5.41) is 3.23. The molecule has 1 aliphatic carbocycles. The molecule has 0 aromatic heterocycles. The molecule has 18 heavy (non-hydrogen) atoms. The molecule has 0 amide bonds. The Labute approximate surface area is 104 Å². The standard InChI is InChI=1S/C13H16F3NO/c1-2-11(8-3-4-8)17-9-5-6-12(10(14)7-9)18-13(15)16/h5-8,11,13,17H,2-4H2,1H3. The first kappa shape index (κ1) is 13.1. The third-order valence-electron chi connectivity index (χ3n) is 3.13. The number of halogens is 3. The van der Waals surface area contributed by atoms with Crippen LogP contribution < -0.4 is 10.1 Å². The summed E-state index contributed by atoms with van der Waals surface area (Å²) in [6, 6.07) is 4.31. The maximum Gasteiger partial charge on any atom is 0.387 e. The third-order valence-corrected chi connectivity index (χ3v) is 3.13. The minimum absolute atomic E-state index is 0.325. The number of benzene rings is 1. The van der Waals surface area contributed by atoms with E-state index in [0.29, 0.717) is 17.6 Å². The molecule has 1 unspecified atom stereocenters. The highest BCUT2D eigenvalue weighted by atomic mass is 19.3. The fourth-order valence-electron chi connectivity index (χ4n) is 2.05. The predicted octanol–water partition coefficient (Wildman–Crippen LogP) is 4.03. The largest absolute Gasteiger partial charge is 0.432 e. The minimum atomic E-state index is -3.01. The molecule has 1 fully saturated rings. The van der Waals surface area contributed by atoms with Crippen LogP contribution in [-0.2, 0) is 0 Å². The van der Waals surface area contributed by atoms with Gasteiger partial charge in [-0.15, -0.1) is 0 Å². The monoisotopic (exact) mass is 259 g/mol. The molecule has 1 saturated carbocycles. The Morgan fingerprint density at radius 2 is 2.11 bits per heavy atom. The summed E-state index contributed by atoms with van der Waals surface area (Å²) in [6.07, 6.45) is 3.35. The smallest absolute Gasteiger partial charge is 0.387 e. The molecule has 0 heterocycles. The number of nitrogens with one attached hydrogen (secondary N) is 1. The molecule has 100 valence electrons. The van der Waals surface area contributed by atoms with Gasteiger partial charge in [-0.3, -0.25) is 0 Å². The van der Waals surface area contributed by atoms with Crippen molar-refractivity contribution in [2.45, 2.75) is 38.8 Å². The molecule has 1 N–H and O–H groups in total.